The molecule has 0 spiro atoms. The van der Waals surface area contributed by atoms with E-state index in [0.29, 0.717) is 6.61 Å². The summed E-state index contributed by atoms with van der Waals surface area (Å²) in [4.78, 5) is 4.94. The van der Waals surface area contributed by atoms with E-state index in [1.165, 1.54) is 7.05 Å². The normalized spacial score (nSPS) is 28.6. The van der Waals surface area contributed by atoms with Crippen LogP contribution in [-0.4, -0.2) is 37.2 Å². The van der Waals surface area contributed by atoms with Gasteiger partial charge in [0.15, 0.2) is 6.29 Å². The molecule has 0 bridgehead atoms. The lowest BCUT2D eigenvalue weighted by Gasteiger charge is -2.19. The summed E-state index contributed by atoms with van der Waals surface area (Å²) in [6.45, 7) is 2.43. The number of alkyl halides is 3. The third-order valence-corrected chi connectivity index (χ3v) is 2.32. The fourth-order valence-corrected chi connectivity index (χ4v) is 1.43. The van der Waals surface area contributed by atoms with E-state index in [4.69, 9.17) is 9.57 Å². The largest absolute Gasteiger partial charge is 0.406 e. The molecule has 0 aromatic carbocycles. The van der Waals surface area contributed by atoms with Gasteiger partial charge in [0.25, 0.3) is 0 Å². The number of rotatable bonds is 4. The van der Waals surface area contributed by atoms with E-state index < -0.39 is 18.5 Å². The van der Waals surface area contributed by atoms with Crippen molar-refractivity contribution in [2.24, 2.45) is 0 Å². The average Bonchev–Trinajstić information content (AvgIpc) is 2.47. The van der Waals surface area contributed by atoms with Crippen molar-refractivity contribution in [2.45, 2.75) is 44.7 Å². The van der Waals surface area contributed by atoms with E-state index in [-0.39, 0.29) is 6.42 Å². The number of unbranched alkanes of at least 4 members (excludes halogenated alkanes) is 1. The number of ether oxygens (including phenoxy) is 1. The van der Waals surface area contributed by atoms with Crippen LogP contribution in [0.2, 0.25) is 0 Å². The number of hydroxylamine groups is 2. The lowest BCUT2D eigenvalue weighted by molar-refractivity contribution is -0.261. The van der Waals surface area contributed by atoms with E-state index in [1.54, 1.807) is 0 Å². The van der Waals surface area contributed by atoms with Crippen LogP contribution >= 0.6 is 0 Å². The molecule has 0 amide bonds. The highest BCUT2D eigenvalue weighted by Crippen LogP contribution is 2.33. The topological polar surface area (TPSA) is 21.7 Å². The van der Waals surface area contributed by atoms with Crippen molar-refractivity contribution < 1.29 is 22.7 Å². The summed E-state index contributed by atoms with van der Waals surface area (Å²) < 4.78 is 42.4. The van der Waals surface area contributed by atoms with Crippen LogP contribution in [0.15, 0.2) is 0 Å². The average molecular weight is 227 g/mol. The van der Waals surface area contributed by atoms with Crippen molar-refractivity contribution in [1.29, 1.82) is 0 Å². The van der Waals surface area contributed by atoms with Crippen molar-refractivity contribution in [3.8, 4) is 0 Å². The molecule has 0 aliphatic carbocycles. The lowest BCUT2D eigenvalue weighted by Crippen LogP contribution is -2.37. The van der Waals surface area contributed by atoms with Gasteiger partial charge in [0.1, 0.15) is 6.04 Å². The van der Waals surface area contributed by atoms with Crippen LogP contribution in [0.5, 0.6) is 0 Å². The van der Waals surface area contributed by atoms with Crippen molar-refractivity contribution >= 4 is 0 Å². The first-order chi connectivity index (χ1) is 6.95. The Morgan fingerprint density at radius 2 is 2.13 bits per heavy atom. The molecule has 1 aliphatic heterocycles. The minimum Gasteiger partial charge on any atom is -0.351 e. The molecule has 0 saturated carbocycles. The summed E-state index contributed by atoms with van der Waals surface area (Å²) in [6, 6.07) is -1.55. The zero-order chi connectivity index (χ0) is 11.5. The molecular weight excluding hydrogens is 211 g/mol. The second kappa shape index (κ2) is 5.14. The summed E-state index contributed by atoms with van der Waals surface area (Å²) >= 11 is 0. The van der Waals surface area contributed by atoms with E-state index in [0.717, 1.165) is 17.9 Å². The Kier molecular flexibility index (Phi) is 4.36. The van der Waals surface area contributed by atoms with E-state index >= 15 is 0 Å². The highest BCUT2D eigenvalue weighted by molar-refractivity contribution is 4.78. The zero-order valence-electron chi connectivity index (χ0n) is 8.88. The van der Waals surface area contributed by atoms with E-state index in [2.05, 4.69) is 0 Å². The number of nitrogens with zero attached hydrogens (tertiary/aromatic N) is 1. The Morgan fingerprint density at radius 1 is 1.47 bits per heavy atom. The van der Waals surface area contributed by atoms with Gasteiger partial charge in [-0.3, -0.25) is 4.84 Å². The lowest BCUT2D eigenvalue weighted by atomic mass is 10.2. The SMILES string of the molecule is CCCCO[C@@H]1C[C@H](C(F)(F)F)N(C)O1. The predicted molar refractivity (Wildman–Crippen MR) is 48.0 cm³/mol. The molecule has 1 fully saturated rings. The third kappa shape index (κ3) is 3.62. The molecular formula is C9H16F3NO2. The Hall–Kier alpha value is -0.330. The summed E-state index contributed by atoms with van der Waals surface area (Å²) in [5.41, 5.74) is 0. The summed E-state index contributed by atoms with van der Waals surface area (Å²) in [6.07, 6.45) is -3.37. The van der Waals surface area contributed by atoms with E-state index in [9.17, 15) is 13.2 Å². The molecule has 1 aliphatic rings. The minimum atomic E-state index is -4.25. The third-order valence-electron chi connectivity index (χ3n) is 2.32. The molecule has 90 valence electrons. The molecule has 1 rings (SSSR count). The van der Waals surface area contributed by atoms with Gasteiger partial charge < -0.3 is 4.74 Å². The minimum absolute atomic E-state index is 0.149. The summed E-state index contributed by atoms with van der Waals surface area (Å²) in [5, 5.41) is 0.830. The molecule has 6 heteroatoms. The van der Waals surface area contributed by atoms with Crippen molar-refractivity contribution in [3.63, 3.8) is 0 Å². The maximum Gasteiger partial charge on any atom is 0.406 e. The zero-order valence-corrected chi connectivity index (χ0v) is 8.88. The Labute approximate surface area is 87.1 Å². The van der Waals surface area contributed by atoms with Gasteiger partial charge >= 0.3 is 6.18 Å². The molecule has 0 unspecified atom stereocenters. The van der Waals surface area contributed by atoms with Crippen molar-refractivity contribution in [2.75, 3.05) is 13.7 Å². The fourth-order valence-electron chi connectivity index (χ4n) is 1.43. The first-order valence-electron chi connectivity index (χ1n) is 5.03. The molecule has 0 radical (unpaired) electrons. The fraction of sp³-hybridized carbons (Fsp3) is 1.00. The van der Waals surface area contributed by atoms with Crippen LogP contribution in [0.3, 0.4) is 0 Å². The Morgan fingerprint density at radius 3 is 2.60 bits per heavy atom. The van der Waals surface area contributed by atoms with Crippen LogP contribution in [-0.2, 0) is 9.57 Å². The molecule has 1 heterocycles. The molecule has 1 saturated heterocycles. The summed E-state index contributed by atoms with van der Waals surface area (Å²) in [5.74, 6) is 0. The van der Waals surface area contributed by atoms with Gasteiger partial charge in [-0.1, -0.05) is 13.3 Å². The van der Waals surface area contributed by atoms with Gasteiger partial charge in [0, 0.05) is 20.1 Å². The van der Waals surface area contributed by atoms with Crippen LogP contribution in [0.1, 0.15) is 26.2 Å². The van der Waals surface area contributed by atoms with Crippen LogP contribution < -0.4 is 0 Å². The standard InChI is InChI=1S/C9H16F3NO2/c1-3-4-5-14-8-6-7(9(10,11)12)13(2)15-8/h7-8H,3-6H2,1-2H3/t7-,8+/m1/s1. The van der Waals surface area contributed by atoms with Gasteiger partial charge in [-0.15, -0.1) is 0 Å². The molecule has 0 aromatic heterocycles. The van der Waals surface area contributed by atoms with Crippen LogP contribution in [0, 0.1) is 0 Å². The van der Waals surface area contributed by atoms with Gasteiger partial charge in [-0.05, 0) is 6.42 Å². The molecule has 0 aromatic rings. The highest BCUT2D eigenvalue weighted by atomic mass is 19.4. The predicted octanol–water partition coefficient (Wildman–Crippen LogP) is 2.33. The monoisotopic (exact) mass is 227 g/mol. The smallest absolute Gasteiger partial charge is 0.351 e. The second-order valence-electron chi connectivity index (χ2n) is 3.60. The van der Waals surface area contributed by atoms with Crippen LogP contribution in [0.25, 0.3) is 0 Å². The molecule has 2 atom stereocenters. The Balaban J connectivity index is 2.35. The van der Waals surface area contributed by atoms with Crippen molar-refractivity contribution in [3.05, 3.63) is 0 Å². The van der Waals surface area contributed by atoms with Gasteiger partial charge in [0.05, 0.1) is 0 Å². The quantitative estimate of drug-likeness (QED) is 0.688. The van der Waals surface area contributed by atoms with Crippen molar-refractivity contribution in [1.82, 2.24) is 5.06 Å². The molecule has 3 nitrogen and oxygen atoms in total. The molecule has 0 N–H and O–H groups in total. The summed E-state index contributed by atoms with van der Waals surface area (Å²) in [7, 11) is 1.28. The first kappa shape index (κ1) is 12.7. The Bertz CT molecular complexity index is 198. The first-order valence-corrected chi connectivity index (χ1v) is 5.03. The maximum absolute atomic E-state index is 12.4. The van der Waals surface area contributed by atoms with Gasteiger partial charge in [-0.25, -0.2) is 0 Å². The molecule has 15 heavy (non-hydrogen) atoms. The number of halogens is 3. The highest BCUT2D eigenvalue weighted by Gasteiger charge is 2.49. The van der Waals surface area contributed by atoms with Gasteiger partial charge in [0.2, 0.25) is 0 Å². The maximum atomic E-state index is 12.4. The van der Waals surface area contributed by atoms with Gasteiger partial charge in [-0.2, -0.15) is 18.2 Å². The van der Waals surface area contributed by atoms with Crippen LogP contribution in [0.4, 0.5) is 13.2 Å². The number of hydrogen-bond donors (Lipinski definition) is 0. The second-order valence-corrected chi connectivity index (χ2v) is 3.60. The number of hydrogen-bond acceptors (Lipinski definition) is 3. The van der Waals surface area contributed by atoms with E-state index in [1.807, 2.05) is 6.92 Å².